The van der Waals surface area contributed by atoms with E-state index in [9.17, 15) is 4.79 Å². The Morgan fingerprint density at radius 3 is 2.54 bits per heavy atom. The molecule has 1 fully saturated rings. The fourth-order valence-corrected chi connectivity index (χ4v) is 2.97. The Balaban J connectivity index is 2.11. The van der Waals surface area contributed by atoms with Crippen LogP contribution < -0.4 is 16.4 Å². The number of carbonyl (C=O) groups excluding carboxylic acids is 1. The molecule has 1 amide bonds. The molecule has 0 bridgehead atoms. The van der Waals surface area contributed by atoms with Gasteiger partial charge >= 0.3 is 0 Å². The van der Waals surface area contributed by atoms with Crippen LogP contribution >= 0.6 is 0 Å². The molecule has 0 aliphatic heterocycles. The number of ether oxygens (including phenoxy) is 1. The van der Waals surface area contributed by atoms with Gasteiger partial charge in [0.05, 0.1) is 11.7 Å². The molecule has 1 saturated carbocycles. The van der Waals surface area contributed by atoms with E-state index in [1.54, 1.807) is 0 Å². The number of nitrogens with two attached hydrogens (primary N) is 1. The van der Waals surface area contributed by atoms with E-state index in [0.717, 1.165) is 32.3 Å². The summed E-state index contributed by atoms with van der Waals surface area (Å²) in [6, 6.07) is 0.317. The minimum Gasteiger partial charge on any atom is -0.379 e. The van der Waals surface area contributed by atoms with Crippen LogP contribution in [-0.4, -0.2) is 40.2 Å². The third-order valence-electron chi connectivity index (χ3n) is 5.35. The fraction of sp³-hybridized carbons (Fsp3) is 0.737. The van der Waals surface area contributed by atoms with Crippen molar-refractivity contribution in [3.05, 3.63) is 11.8 Å². The maximum atomic E-state index is 11.7. The third-order valence-corrected chi connectivity index (χ3v) is 5.35. The van der Waals surface area contributed by atoms with Crippen molar-refractivity contribution in [3.8, 4) is 0 Å². The van der Waals surface area contributed by atoms with Crippen LogP contribution in [0.5, 0.6) is 0 Å². The zero-order valence-corrected chi connectivity index (χ0v) is 16.6. The Kier molecular flexibility index (Phi) is 6.81. The molecule has 146 valence electrons. The summed E-state index contributed by atoms with van der Waals surface area (Å²) in [4.78, 5) is 20.6. The topological polar surface area (TPSA) is 102 Å². The van der Waals surface area contributed by atoms with Gasteiger partial charge in [0.25, 0.3) is 5.91 Å². The van der Waals surface area contributed by atoms with Crippen molar-refractivity contribution in [2.75, 3.05) is 17.2 Å². The van der Waals surface area contributed by atoms with E-state index in [-0.39, 0.29) is 5.54 Å². The number of amides is 1. The summed E-state index contributed by atoms with van der Waals surface area (Å²) >= 11 is 0. The van der Waals surface area contributed by atoms with Crippen molar-refractivity contribution >= 4 is 17.7 Å². The van der Waals surface area contributed by atoms with Crippen molar-refractivity contribution in [1.82, 2.24) is 9.97 Å². The largest absolute Gasteiger partial charge is 0.379 e. The van der Waals surface area contributed by atoms with E-state index in [1.165, 1.54) is 6.20 Å². The van der Waals surface area contributed by atoms with Crippen LogP contribution in [0.2, 0.25) is 0 Å². The minimum atomic E-state index is -0.532. The highest BCUT2D eigenvalue weighted by Crippen LogP contribution is 2.26. The molecule has 26 heavy (non-hydrogen) atoms. The molecule has 1 aromatic heterocycles. The number of hydrogen-bond acceptors (Lipinski definition) is 6. The van der Waals surface area contributed by atoms with Gasteiger partial charge in [0.2, 0.25) is 5.95 Å². The predicted molar refractivity (Wildman–Crippen MR) is 104 cm³/mol. The molecule has 0 radical (unpaired) electrons. The third kappa shape index (κ3) is 5.30. The lowest BCUT2D eigenvalue weighted by Crippen LogP contribution is -2.38. The highest BCUT2D eigenvalue weighted by atomic mass is 16.5. The van der Waals surface area contributed by atoms with Gasteiger partial charge in [0.1, 0.15) is 5.82 Å². The average molecular weight is 364 g/mol. The normalized spacial score (nSPS) is 20.8. The fourth-order valence-electron chi connectivity index (χ4n) is 2.97. The predicted octanol–water partition coefficient (Wildman–Crippen LogP) is 3.18. The maximum absolute atomic E-state index is 11.7. The Morgan fingerprint density at radius 1 is 1.35 bits per heavy atom. The number of anilines is 2. The van der Waals surface area contributed by atoms with E-state index in [4.69, 9.17) is 10.5 Å². The first-order chi connectivity index (χ1) is 12.2. The highest BCUT2D eigenvalue weighted by molar-refractivity contribution is 5.97. The van der Waals surface area contributed by atoms with Crippen LogP contribution in [-0.2, 0) is 4.74 Å². The molecule has 0 atom stereocenters. The van der Waals surface area contributed by atoms with Gasteiger partial charge in [0.15, 0.2) is 0 Å². The molecule has 0 unspecified atom stereocenters. The van der Waals surface area contributed by atoms with Gasteiger partial charge in [-0.25, -0.2) is 4.98 Å². The molecular formula is C19H33N5O2. The number of carbonyl (C=O) groups is 1. The van der Waals surface area contributed by atoms with Crippen molar-refractivity contribution in [2.45, 2.75) is 78.0 Å². The molecule has 1 aromatic rings. The molecule has 1 heterocycles. The molecule has 7 nitrogen and oxygen atoms in total. The molecule has 0 spiro atoms. The summed E-state index contributed by atoms with van der Waals surface area (Å²) in [5, 5.41) is 6.75. The molecule has 7 heteroatoms. The Morgan fingerprint density at radius 2 is 2.00 bits per heavy atom. The number of nitrogens with one attached hydrogen (secondary N) is 2. The molecule has 0 saturated heterocycles. The van der Waals surface area contributed by atoms with Crippen LogP contribution in [0.1, 0.15) is 70.7 Å². The van der Waals surface area contributed by atoms with Crippen molar-refractivity contribution < 1.29 is 9.53 Å². The van der Waals surface area contributed by atoms with Crippen LogP contribution in [0.3, 0.4) is 0 Å². The average Bonchev–Trinajstić information content (AvgIpc) is 2.56. The number of primary amides is 1. The minimum absolute atomic E-state index is 0.231. The number of aromatic nitrogens is 2. The van der Waals surface area contributed by atoms with Crippen LogP contribution in [0.15, 0.2) is 6.20 Å². The standard InChI is InChI=1S/C19H33N5O2/c1-6-26-14-9-7-13(8-10-14)22-18-21-11-15(16(20)25)17(23-18)24-19(4,5)12(2)3/h11-14H,6-10H2,1-5H3,(H2,20,25)(H2,21,22,23,24). The number of nitrogens with zero attached hydrogens (tertiary/aromatic N) is 2. The van der Waals surface area contributed by atoms with Crippen LogP contribution in [0, 0.1) is 5.92 Å². The smallest absolute Gasteiger partial charge is 0.254 e. The monoisotopic (exact) mass is 363 g/mol. The molecule has 0 aromatic carbocycles. The summed E-state index contributed by atoms with van der Waals surface area (Å²) in [5.41, 5.74) is 5.57. The molecule has 2 rings (SSSR count). The van der Waals surface area contributed by atoms with E-state index in [1.807, 2.05) is 6.92 Å². The first-order valence-electron chi connectivity index (χ1n) is 9.56. The lowest BCUT2D eigenvalue weighted by atomic mass is 9.90. The highest BCUT2D eigenvalue weighted by Gasteiger charge is 2.26. The second-order valence-electron chi connectivity index (χ2n) is 7.89. The zero-order valence-electron chi connectivity index (χ0n) is 16.6. The molecule has 4 N–H and O–H groups in total. The van der Waals surface area contributed by atoms with Crippen molar-refractivity contribution in [2.24, 2.45) is 11.7 Å². The van der Waals surface area contributed by atoms with Gasteiger partial charge in [0, 0.05) is 24.4 Å². The summed E-state index contributed by atoms with van der Waals surface area (Å²) in [6.45, 7) is 11.2. The summed E-state index contributed by atoms with van der Waals surface area (Å²) in [7, 11) is 0. The second kappa shape index (κ2) is 8.66. The lowest BCUT2D eigenvalue weighted by Gasteiger charge is -2.32. The summed E-state index contributed by atoms with van der Waals surface area (Å²) in [6.07, 6.45) is 5.98. The first kappa shape index (κ1) is 20.4. The van der Waals surface area contributed by atoms with E-state index in [2.05, 4.69) is 48.3 Å². The molecule has 1 aliphatic carbocycles. The van der Waals surface area contributed by atoms with Gasteiger partial charge in [-0.1, -0.05) is 13.8 Å². The Bertz CT molecular complexity index is 610. The lowest BCUT2D eigenvalue weighted by molar-refractivity contribution is 0.0346. The summed E-state index contributed by atoms with van der Waals surface area (Å²) < 4.78 is 5.70. The molecular weight excluding hydrogens is 330 g/mol. The van der Waals surface area contributed by atoms with E-state index in [0.29, 0.717) is 35.4 Å². The Labute approximate surface area is 156 Å². The van der Waals surface area contributed by atoms with Gasteiger partial charge in [-0.05, 0) is 52.4 Å². The van der Waals surface area contributed by atoms with Gasteiger partial charge in [-0.3, -0.25) is 4.79 Å². The van der Waals surface area contributed by atoms with Crippen molar-refractivity contribution in [1.29, 1.82) is 0 Å². The SMILES string of the molecule is CCOC1CCC(Nc2ncc(C(N)=O)c(NC(C)(C)C(C)C)n2)CC1. The van der Waals surface area contributed by atoms with E-state index >= 15 is 0 Å². The number of hydrogen-bond donors (Lipinski definition) is 3. The van der Waals surface area contributed by atoms with Gasteiger partial charge in [-0.2, -0.15) is 4.98 Å². The van der Waals surface area contributed by atoms with E-state index < -0.39 is 5.91 Å². The van der Waals surface area contributed by atoms with Gasteiger partial charge < -0.3 is 21.1 Å². The van der Waals surface area contributed by atoms with Crippen LogP contribution in [0.25, 0.3) is 0 Å². The second-order valence-corrected chi connectivity index (χ2v) is 7.89. The van der Waals surface area contributed by atoms with Crippen LogP contribution in [0.4, 0.5) is 11.8 Å². The molecule has 1 aliphatic rings. The maximum Gasteiger partial charge on any atom is 0.254 e. The summed E-state index contributed by atoms with van der Waals surface area (Å²) in [5.74, 6) is 0.827. The quantitative estimate of drug-likeness (QED) is 0.655. The first-order valence-corrected chi connectivity index (χ1v) is 9.56. The van der Waals surface area contributed by atoms with Gasteiger partial charge in [-0.15, -0.1) is 0 Å². The Hall–Kier alpha value is -1.89. The van der Waals surface area contributed by atoms with Crippen molar-refractivity contribution in [3.63, 3.8) is 0 Å². The number of rotatable bonds is 8. The zero-order chi connectivity index (χ0) is 19.3.